The molecular weight excluding hydrogens is 544 g/mol. The minimum atomic E-state index is -1.13. The number of fused-ring (bicyclic) bond motifs is 4. The van der Waals surface area contributed by atoms with Crippen molar-refractivity contribution >= 4 is 92.8 Å². The summed E-state index contributed by atoms with van der Waals surface area (Å²) in [6.45, 7) is 0. The quantitative estimate of drug-likeness (QED) is 0.303. The van der Waals surface area contributed by atoms with Gasteiger partial charge in [-0.05, 0) is 32.7 Å². The first-order valence-electron chi connectivity index (χ1n) is 12.6. The molecule has 0 bridgehead atoms. The normalized spacial score (nSPS) is 10.5. The molecule has 0 N–H and O–H groups in total. The van der Waals surface area contributed by atoms with Crippen LogP contribution in [0.15, 0.2) is 119 Å². The standard InChI is InChI=1S/2C17H12O3.Ca/c2*18-16(19)10-11-5-8-15-13(9-11)7-6-12-3-1-2-4-14(12)17(15)20;/h2*1-9H,10H2,(H,18,19);/q;;+2/p-2. The number of hydrogen-bond donors (Lipinski definition) is 0. The molecule has 0 unspecified atom stereocenters. The zero-order valence-corrected chi connectivity index (χ0v) is 24.2. The van der Waals surface area contributed by atoms with E-state index < -0.39 is 11.9 Å². The van der Waals surface area contributed by atoms with E-state index in [0.717, 1.165) is 21.5 Å². The summed E-state index contributed by atoms with van der Waals surface area (Å²) in [5.41, 5.74) is 1.18. The van der Waals surface area contributed by atoms with Crippen LogP contribution in [0.4, 0.5) is 0 Å². The van der Waals surface area contributed by atoms with Gasteiger partial charge < -0.3 is 19.8 Å². The van der Waals surface area contributed by atoms with E-state index in [2.05, 4.69) is 0 Å². The van der Waals surface area contributed by atoms with E-state index in [1.165, 1.54) is 0 Å². The molecule has 6 aromatic rings. The van der Waals surface area contributed by atoms with Crippen LogP contribution >= 0.6 is 0 Å². The maximum atomic E-state index is 12.5. The van der Waals surface area contributed by atoms with E-state index in [9.17, 15) is 29.4 Å². The summed E-state index contributed by atoms with van der Waals surface area (Å²) >= 11 is 0. The Morgan fingerprint density at radius 3 is 1.20 bits per heavy atom. The molecule has 0 aliphatic heterocycles. The van der Waals surface area contributed by atoms with Gasteiger partial charge in [-0.25, -0.2) is 0 Å². The van der Waals surface area contributed by atoms with Gasteiger partial charge >= 0.3 is 37.7 Å². The van der Waals surface area contributed by atoms with E-state index in [0.29, 0.717) is 32.7 Å². The Bertz CT molecular complexity index is 1920. The Morgan fingerprint density at radius 2 is 0.805 bits per heavy atom. The molecule has 6 nitrogen and oxygen atoms in total. The van der Waals surface area contributed by atoms with Gasteiger partial charge in [-0.2, -0.15) is 0 Å². The number of carboxylic acid groups (broad SMARTS) is 2. The molecule has 196 valence electrons. The number of rotatable bonds is 4. The summed E-state index contributed by atoms with van der Waals surface area (Å²) in [6.07, 6.45) is -0.301. The number of carbonyl (C=O) groups excluding carboxylic acids is 2. The van der Waals surface area contributed by atoms with Crippen LogP contribution in [-0.2, 0) is 22.4 Å². The first-order chi connectivity index (χ1) is 19.3. The molecule has 6 aromatic carbocycles. The van der Waals surface area contributed by atoms with Crippen LogP contribution < -0.4 is 21.1 Å². The van der Waals surface area contributed by atoms with Gasteiger partial charge in [-0.1, -0.05) is 109 Å². The van der Waals surface area contributed by atoms with Crippen molar-refractivity contribution in [3.63, 3.8) is 0 Å². The molecule has 0 radical (unpaired) electrons. The van der Waals surface area contributed by atoms with Crippen LogP contribution in [0.2, 0.25) is 0 Å². The third-order valence-corrected chi connectivity index (χ3v) is 6.71. The molecule has 0 fully saturated rings. The van der Waals surface area contributed by atoms with Gasteiger partial charge in [-0.3, -0.25) is 9.59 Å². The second-order valence-corrected chi connectivity index (χ2v) is 9.44. The van der Waals surface area contributed by atoms with Gasteiger partial charge in [0.05, 0.1) is 0 Å². The smallest absolute Gasteiger partial charge is 0.550 e. The number of benzene rings is 4. The second-order valence-electron chi connectivity index (χ2n) is 9.44. The molecule has 0 aromatic heterocycles. The zero-order valence-electron chi connectivity index (χ0n) is 22.0. The van der Waals surface area contributed by atoms with Crippen LogP contribution in [0.25, 0.3) is 43.1 Å². The van der Waals surface area contributed by atoms with Crippen molar-refractivity contribution in [1.82, 2.24) is 0 Å². The Balaban J connectivity index is 0.000000184. The van der Waals surface area contributed by atoms with Crippen molar-refractivity contribution in [3.8, 4) is 0 Å². The van der Waals surface area contributed by atoms with E-state index in [1.807, 2.05) is 60.7 Å². The molecule has 0 saturated carbocycles. The maximum absolute atomic E-state index is 12.5. The molecular formula is C34H22CaO6. The van der Waals surface area contributed by atoms with E-state index in [4.69, 9.17) is 0 Å². The number of hydrogen-bond acceptors (Lipinski definition) is 6. The summed E-state index contributed by atoms with van der Waals surface area (Å²) in [5, 5.41) is 27.0. The van der Waals surface area contributed by atoms with Crippen LogP contribution in [0, 0.1) is 0 Å². The Morgan fingerprint density at radius 1 is 0.463 bits per heavy atom. The summed E-state index contributed by atoms with van der Waals surface area (Å²) < 4.78 is 0. The monoisotopic (exact) mass is 566 g/mol. The van der Waals surface area contributed by atoms with Crippen molar-refractivity contribution in [2.24, 2.45) is 0 Å². The van der Waals surface area contributed by atoms with Crippen molar-refractivity contribution in [2.45, 2.75) is 12.8 Å². The summed E-state index contributed by atoms with van der Waals surface area (Å²) in [7, 11) is 0. The van der Waals surface area contributed by atoms with Crippen LogP contribution in [0.1, 0.15) is 11.1 Å². The number of aliphatic carboxylic acids is 2. The minimum Gasteiger partial charge on any atom is -0.550 e. The average molecular weight is 567 g/mol. The predicted molar refractivity (Wildman–Crippen MR) is 159 cm³/mol. The van der Waals surface area contributed by atoms with Gasteiger partial charge in [0.15, 0.2) is 10.9 Å². The predicted octanol–water partition coefficient (Wildman–Crippen LogP) is 2.91. The fraction of sp³-hybridized carbons (Fsp3) is 0.0588. The summed E-state index contributed by atoms with van der Waals surface area (Å²) in [4.78, 5) is 46.3. The second kappa shape index (κ2) is 13.0. The van der Waals surface area contributed by atoms with Crippen LogP contribution in [0.3, 0.4) is 0 Å². The fourth-order valence-electron chi connectivity index (χ4n) is 4.81. The van der Waals surface area contributed by atoms with Gasteiger partial charge in [0, 0.05) is 46.3 Å². The molecule has 0 heterocycles. The Labute approximate surface area is 264 Å². The first kappa shape index (κ1) is 29.9. The van der Waals surface area contributed by atoms with Crippen molar-refractivity contribution in [2.75, 3.05) is 0 Å². The molecule has 0 aliphatic rings. The zero-order chi connectivity index (χ0) is 28.2. The van der Waals surface area contributed by atoms with Gasteiger partial charge in [0.25, 0.3) is 0 Å². The maximum Gasteiger partial charge on any atom is 2.00 e. The van der Waals surface area contributed by atoms with Gasteiger partial charge in [0.1, 0.15) is 0 Å². The topological polar surface area (TPSA) is 114 Å². The fourth-order valence-corrected chi connectivity index (χ4v) is 4.81. The minimum absolute atomic E-state index is 0. The van der Waals surface area contributed by atoms with Crippen molar-refractivity contribution in [1.29, 1.82) is 0 Å². The van der Waals surface area contributed by atoms with Crippen LogP contribution in [-0.4, -0.2) is 49.7 Å². The average Bonchev–Trinajstić information content (AvgIpc) is 3.17. The summed E-state index contributed by atoms with van der Waals surface area (Å²) in [5.74, 6) is -2.26. The van der Waals surface area contributed by atoms with E-state index in [-0.39, 0.29) is 61.4 Å². The first-order valence-corrected chi connectivity index (χ1v) is 12.6. The Kier molecular flexibility index (Phi) is 9.50. The summed E-state index contributed by atoms with van der Waals surface area (Å²) in [6, 6.07) is 32.4. The van der Waals surface area contributed by atoms with E-state index >= 15 is 0 Å². The molecule has 0 saturated heterocycles. The molecule has 0 atom stereocenters. The van der Waals surface area contributed by atoms with Gasteiger partial charge in [-0.15, -0.1) is 0 Å². The Hall–Kier alpha value is -4.10. The molecule has 7 heteroatoms. The molecule has 0 spiro atoms. The van der Waals surface area contributed by atoms with Crippen LogP contribution in [0.5, 0.6) is 0 Å². The number of carboxylic acids is 2. The van der Waals surface area contributed by atoms with E-state index in [1.54, 1.807) is 48.5 Å². The molecule has 6 rings (SSSR count). The SMILES string of the molecule is O=C([O-])Cc1ccc2c(=O)c3ccccc3ccc2c1.O=C([O-])Cc1ccc2c(=O)c3ccccc3ccc2c1.[Ca+2]. The van der Waals surface area contributed by atoms with Gasteiger partial charge in [0.2, 0.25) is 0 Å². The van der Waals surface area contributed by atoms with Crippen molar-refractivity contribution < 1.29 is 19.8 Å². The number of carbonyl (C=O) groups is 2. The largest absolute Gasteiger partial charge is 2.00 e. The molecule has 0 amide bonds. The molecule has 0 aliphatic carbocycles. The third-order valence-electron chi connectivity index (χ3n) is 6.71. The molecule has 41 heavy (non-hydrogen) atoms. The van der Waals surface area contributed by atoms with Crippen molar-refractivity contribution in [3.05, 3.63) is 141 Å². The third kappa shape index (κ3) is 6.80.